The Morgan fingerprint density at radius 2 is 1.85 bits per heavy atom. The molecule has 0 radical (unpaired) electrons. The van der Waals surface area contributed by atoms with Crippen molar-refractivity contribution in [3.8, 4) is 0 Å². The zero-order valence-corrected chi connectivity index (χ0v) is 19.9. The van der Waals surface area contributed by atoms with Gasteiger partial charge in [0.2, 0.25) is 0 Å². The van der Waals surface area contributed by atoms with Gasteiger partial charge in [0, 0.05) is 36.5 Å². The third-order valence-electron chi connectivity index (χ3n) is 7.12. The van der Waals surface area contributed by atoms with Crippen LogP contribution in [-0.2, 0) is 11.3 Å². The summed E-state index contributed by atoms with van der Waals surface area (Å²) in [7, 11) is 0. The summed E-state index contributed by atoms with van der Waals surface area (Å²) in [5.74, 6) is 0.225. The molecule has 1 heterocycles. The molecule has 0 spiro atoms. The van der Waals surface area contributed by atoms with E-state index in [0.29, 0.717) is 12.0 Å². The van der Waals surface area contributed by atoms with E-state index >= 15 is 0 Å². The first-order valence-corrected chi connectivity index (χ1v) is 12.4. The lowest BCUT2D eigenvalue weighted by Gasteiger charge is -2.44. The van der Waals surface area contributed by atoms with Crippen LogP contribution >= 0.6 is 0 Å². The summed E-state index contributed by atoms with van der Waals surface area (Å²) in [6.45, 7) is 6.48. The summed E-state index contributed by atoms with van der Waals surface area (Å²) in [4.78, 5) is 19.2. The zero-order chi connectivity index (χ0) is 23.2. The summed E-state index contributed by atoms with van der Waals surface area (Å²) in [6.07, 6.45) is 6.49. The number of carboxylic acid groups (broad SMARTS) is 1. The second-order valence-corrected chi connectivity index (χ2v) is 9.98. The largest absolute Gasteiger partial charge is 0.481 e. The van der Waals surface area contributed by atoms with Crippen LogP contribution in [0.4, 0.5) is 0 Å². The molecule has 4 heteroatoms. The normalized spacial score (nSPS) is 21.0. The maximum Gasteiger partial charge on any atom is 0.303 e. The number of carboxylic acids is 1. The number of para-hydroxylation sites is 1. The van der Waals surface area contributed by atoms with Crippen LogP contribution in [0, 0.1) is 11.8 Å². The van der Waals surface area contributed by atoms with Crippen LogP contribution in [0.5, 0.6) is 0 Å². The predicted molar refractivity (Wildman–Crippen MR) is 134 cm³/mol. The molecule has 1 aliphatic carbocycles. The quantitative estimate of drug-likeness (QED) is 0.409. The molecule has 1 N–H and O–H groups in total. The van der Waals surface area contributed by atoms with Crippen molar-refractivity contribution >= 4 is 16.9 Å². The molecular formula is C29H36N2O2. The van der Waals surface area contributed by atoms with Crippen molar-refractivity contribution in [3.05, 3.63) is 78.0 Å². The van der Waals surface area contributed by atoms with Gasteiger partial charge in [-0.25, -0.2) is 0 Å². The molecule has 1 unspecified atom stereocenters. The van der Waals surface area contributed by atoms with E-state index in [9.17, 15) is 9.90 Å². The van der Waals surface area contributed by atoms with Crippen molar-refractivity contribution in [1.82, 2.24) is 9.88 Å². The topological polar surface area (TPSA) is 53.4 Å². The molecule has 1 saturated carbocycles. The Hall–Kier alpha value is -2.72. The van der Waals surface area contributed by atoms with Crippen LogP contribution in [0.1, 0.15) is 63.0 Å². The van der Waals surface area contributed by atoms with Gasteiger partial charge in [0.05, 0.1) is 5.52 Å². The molecule has 4 rings (SSSR count). The summed E-state index contributed by atoms with van der Waals surface area (Å²) < 4.78 is 0. The van der Waals surface area contributed by atoms with Crippen molar-refractivity contribution in [2.24, 2.45) is 11.8 Å². The highest BCUT2D eigenvalue weighted by Gasteiger charge is 2.38. The van der Waals surface area contributed by atoms with Crippen molar-refractivity contribution in [1.29, 1.82) is 0 Å². The molecule has 1 aromatic heterocycles. The second-order valence-electron chi connectivity index (χ2n) is 9.98. The highest BCUT2D eigenvalue weighted by Crippen LogP contribution is 2.43. The second kappa shape index (κ2) is 10.9. The number of carbonyl (C=O) groups is 1. The minimum atomic E-state index is -0.698. The number of benzene rings is 2. The lowest BCUT2D eigenvalue weighted by atomic mass is 9.70. The van der Waals surface area contributed by atoms with Gasteiger partial charge < -0.3 is 5.11 Å². The van der Waals surface area contributed by atoms with Gasteiger partial charge in [0.1, 0.15) is 0 Å². The molecule has 3 atom stereocenters. The van der Waals surface area contributed by atoms with Gasteiger partial charge >= 0.3 is 5.97 Å². The van der Waals surface area contributed by atoms with Gasteiger partial charge in [-0.3, -0.25) is 14.7 Å². The molecule has 174 valence electrons. The first-order chi connectivity index (χ1) is 16.0. The average Bonchev–Trinajstić information content (AvgIpc) is 2.81. The molecule has 1 fully saturated rings. The summed E-state index contributed by atoms with van der Waals surface area (Å²) in [6, 6.07) is 21.4. The number of rotatable bonds is 9. The van der Waals surface area contributed by atoms with Gasteiger partial charge in [0.15, 0.2) is 0 Å². The molecule has 0 bridgehead atoms. The number of hydrogen-bond donors (Lipinski definition) is 1. The monoisotopic (exact) mass is 444 g/mol. The maximum absolute atomic E-state index is 11.8. The first-order valence-electron chi connectivity index (χ1n) is 12.4. The molecule has 2 aromatic carbocycles. The van der Waals surface area contributed by atoms with Gasteiger partial charge in [-0.15, -0.1) is 0 Å². The number of hydrogen-bond acceptors (Lipinski definition) is 3. The van der Waals surface area contributed by atoms with Gasteiger partial charge in [0.25, 0.3) is 0 Å². The van der Waals surface area contributed by atoms with Crippen LogP contribution in [0.2, 0.25) is 0 Å². The van der Waals surface area contributed by atoms with E-state index in [1.807, 2.05) is 24.4 Å². The minimum Gasteiger partial charge on any atom is -0.481 e. The minimum absolute atomic E-state index is 0.126. The fourth-order valence-electron chi connectivity index (χ4n) is 5.49. The Balaban J connectivity index is 1.72. The maximum atomic E-state index is 11.8. The van der Waals surface area contributed by atoms with Crippen LogP contribution in [-0.4, -0.2) is 33.5 Å². The Bertz CT molecular complexity index is 1050. The van der Waals surface area contributed by atoms with Crippen LogP contribution in [0.25, 0.3) is 10.9 Å². The third kappa shape index (κ3) is 6.00. The number of aliphatic carboxylic acids is 1. The van der Waals surface area contributed by atoms with Crippen LogP contribution in [0.3, 0.4) is 0 Å². The van der Waals surface area contributed by atoms with Crippen molar-refractivity contribution < 1.29 is 9.90 Å². The van der Waals surface area contributed by atoms with E-state index < -0.39 is 5.97 Å². The van der Waals surface area contributed by atoms with Crippen LogP contribution in [0.15, 0.2) is 66.9 Å². The Labute approximate surface area is 197 Å². The molecule has 0 aliphatic heterocycles. The average molecular weight is 445 g/mol. The van der Waals surface area contributed by atoms with Gasteiger partial charge in [-0.2, -0.15) is 0 Å². The van der Waals surface area contributed by atoms with Crippen molar-refractivity contribution in [2.45, 2.75) is 64.5 Å². The Morgan fingerprint density at radius 1 is 1.09 bits per heavy atom. The molecule has 0 amide bonds. The lowest BCUT2D eigenvalue weighted by Crippen LogP contribution is -2.45. The van der Waals surface area contributed by atoms with E-state index in [0.717, 1.165) is 49.7 Å². The van der Waals surface area contributed by atoms with E-state index in [1.165, 1.54) is 11.1 Å². The van der Waals surface area contributed by atoms with Gasteiger partial charge in [-0.1, -0.05) is 68.8 Å². The van der Waals surface area contributed by atoms with E-state index in [-0.39, 0.29) is 18.3 Å². The zero-order valence-electron chi connectivity index (χ0n) is 19.9. The predicted octanol–water partition coefficient (Wildman–Crippen LogP) is 6.51. The summed E-state index contributed by atoms with van der Waals surface area (Å²) >= 11 is 0. The molecule has 33 heavy (non-hydrogen) atoms. The fraction of sp³-hybridized carbons (Fsp3) is 0.448. The third-order valence-corrected chi connectivity index (χ3v) is 7.12. The number of pyridine rings is 1. The fourth-order valence-corrected chi connectivity index (χ4v) is 5.49. The van der Waals surface area contributed by atoms with Crippen LogP contribution < -0.4 is 0 Å². The molecular weight excluding hydrogens is 408 g/mol. The highest BCUT2D eigenvalue weighted by atomic mass is 16.4. The smallest absolute Gasteiger partial charge is 0.303 e. The molecule has 0 saturated heterocycles. The van der Waals surface area contributed by atoms with Crippen molar-refractivity contribution in [3.63, 3.8) is 0 Å². The number of aromatic nitrogens is 1. The lowest BCUT2D eigenvalue weighted by molar-refractivity contribution is -0.138. The Kier molecular flexibility index (Phi) is 7.77. The number of nitrogens with zero attached hydrogens (tertiary/aromatic N) is 2. The molecule has 4 nitrogen and oxygen atoms in total. The van der Waals surface area contributed by atoms with Gasteiger partial charge in [-0.05, 0) is 60.9 Å². The SMILES string of the molecule is CC(C)CCN(Cc1ccccc1)[C@@H]1CCC[C@H](CC(=O)O)C1c1cnc2ccccc2c1. The standard InChI is InChI=1S/C29H36N2O2/c1-21(2)15-16-31(20-22-9-4-3-5-10-22)27-14-8-12-24(18-28(32)33)29(27)25-17-23-11-6-7-13-26(23)30-19-25/h3-7,9-11,13,17,19,21,24,27,29H,8,12,14-16,18,20H2,1-2H3,(H,32,33)/t24-,27-,29?/m1/s1. The van der Waals surface area contributed by atoms with E-state index in [1.54, 1.807) is 0 Å². The highest BCUT2D eigenvalue weighted by molar-refractivity contribution is 5.79. The summed E-state index contributed by atoms with van der Waals surface area (Å²) in [5, 5.41) is 10.8. The number of fused-ring (bicyclic) bond motifs is 1. The summed E-state index contributed by atoms with van der Waals surface area (Å²) in [5.41, 5.74) is 3.49. The van der Waals surface area contributed by atoms with Crippen molar-refractivity contribution in [2.75, 3.05) is 6.54 Å². The van der Waals surface area contributed by atoms with E-state index in [2.05, 4.69) is 61.2 Å². The first kappa shape index (κ1) is 23.4. The molecule has 3 aromatic rings. The van der Waals surface area contributed by atoms with E-state index in [4.69, 9.17) is 4.98 Å². The Morgan fingerprint density at radius 3 is 2.61 bits per heavy atom. The molecule has 1 aliphatic rings.